The normalized spacial score (nSPS) is 17.1. The molecule has 0 aromatic carbocycles. The zero-order valence-corrected chi connectivity index (χ0v) is 11.8. The monoisotopic (exact) mass is 272 g/mol. The maximum absolute atomic E-state index is 12.4. The summed E-state index contributed by atoms with van der Waals surface area (Å²) in [6.07, 6.45) is 8.80. The van der Waals surface area contributed by atoms with Gasteiger partial charge >= 0.3 is 0 Å². The number of amides is 1. The Morgan fingerprint density at radius 2 is 2.05 bits per heavy atom. The van der Waals surface area contributed by atoms with Crippen molar-refractivity contribution in [3.63, 3.8) is 0 Å². The number of fused-ring (bicyclic) bond motifs is 1. The Kier molecular flexibility index (Phi) is 3.67. The quantitative estimate of drug-likeness (QED) is 0.854. The van der Waals surface area contributed by atoms with Gasteiger partial charge in [0.05, 0.1) is 5.69 Å². The van der Waals surface area contributed by atoms with Crippen molar-refractivity contribution in [1.29, 1.82) is 0 Å². The zero-order valence-electron chi connectivity index (χ0n) is 11.8. The van der Waals surface area contributed by atoms with E-state index in [1.54, 1.807) is 16.8 Å². The highest BCUT2D eigenvalue weighted by Gasteiger charge is 2.18. The van der Waals surface area contributed by atoms with Gasteiger partial charge in [-0.1, -0.05) is 25.7 Å². The molecule has 20 heavy (non-hydrogen) atoms. The molecule has 1 N–H and O–H groups in total. The Balaban J connectivity index is 1.81. The van der Waals surface area contributed by atoms with E-state index >= 15 is 0 Å². The maximum atomic E-state index is 12.4. The second-order valence-corrected chi connectivity index (χ2v) is 5.55. The third kappa shape index (κ3) is 2.66. The first-order valence-corrected chi connectivity index (χ1v) is 7.36. The lowest BCUT2D eigenvalue weighted by atomic mass is 10.1. The van der Waals surface area contributed by atoms with Crippen LogP contribution in [0.3, 0.4) is 0 Å². The lowest BCUT2D eigenvalue weighted by molar-refractivity contribution is 0.0925. The van der Waals surface area contributed by atoms with Crippen LogP contribution in [0.2, 0.25) is 0 Å². The predicted octanol–water partition coefficient (Wildman–Crippen LogP) is 2.49. The first kappa shape index (κ1) is 13.1. The average Bonchev–Trinajstić information content (AvgIpc) is 2.64. The van der Waals surface area contributed by atoms with Gasteiger partial charge in [-0.3, -0.25) is 4.79 Å². The molecular formula is C15H20N4O. The van der Waals surface area contributed by atoms with Gasteiger partial charge in [-0.25, -0.2) is 9.50 Å². The number of hydrogen-bond donors (Lipinski definition) is 1. The minimum absolute atomic E-state index is 0.0487. The van der Waals surface area contributed by atoms with Crippen molar-refractivity contribution >= 4 is 11.6 Å². The van der Waals surface area contributed by atoms with Crippen LogP contribution in [0.15, 0.2) is 18.3 Å². The van der Waals surface area contributed by atoms with Crippen molar-refractivity contribution < 1.29 is 4.79 Å². The number of nitrogens with zero attached hydrogens (tertiary/aromatic N) is 3. The van der Waals surface area contributed by atoms with Crippen LogP contribution in [0.25, 0.3) is 5.65 Å². The van der Waals surface area contributed by atoms with Crippen LogP contribution >= 0.6 is 0 Å². The van der Waals surface area contributed by atoms with Crippen LogP contribution in [0.5, 0.6) is 0 Å². The van der Waals surface area contributed by atoms with E-state index in [1.807, 2.05) is 13.0 Å². The zero-order chi connectivity index (χ0) is 13.9. The lowest BCUT2D eigenvalue weighted by Gasteiger charge is -2.16. The minimum Gasteiger partial charge on any atom is -0.348 e. The fourth-order valence-corrected chi connectivity index (χ4v) is 2.86. The van der Waals surface area contributed by atoms with Crippen LogP contribution in [0, 0.1) is 6.92 Å². The van der Waals surface area contributed by atoms with Crippen molar-refractivity contribution in [2.24, 2.45) is 0 Å². The van der Waals surface area contributed by atoms with E-state index in [0.29, 0.717) is 11.7 Å². The summed E-state index contributed by atoms with van der Waals surface area (Å²) in [5.41, 5.74) is 2.15. The summed E-state index contributed by atoms with van der Waals surface area (Å²) in [5, 5.41) is 7.49. The van der Waals surface area contributed by atoms with Gasteiger partial charge < -0.3 is 5.32 Å². The van der Waals surface area contributed by atoms with Crippen molar-refractivity contribution in [3.8, 4) is 0 Å². The molecule has 1 aliphatic rings. The van der Waals surface area contributed by atoms with E-state index in [-0.39, 0.29) is 5.91 Å². The molecule has 0 atom stereocenters. The van der Waals surface area contributed by atoms with E-state index in [4.69, 9.17) is 0 Å². The molecule has 2 heterocycles. The van der Waals surface area contributed by atoms with Gasteiger partial charge in [-0.2, -0.15) is 5.10 Å². The summed E-state index contributed by atoms with van der Waals surface area (Å²) in [6, 6.07) is 3.90. The fraction of sp³-hybridized carbons (Fsp3) is 0.533. The number of nitrogens with one attached hydrogen (secondary N) is 1. The maximum Gasteiger partial charge on any atom is 0.270 e. The van der Waals surface area contributed by atoms with Crippen LogP contribution < -0.4 is 5.32 Å². The van der Waals surface area contributed by atoms with Gasteiger partial charge in [0.1, 0.15) is 5.69 Å². The molecule has 0 radical (unpaired) electrons. The number of carbonyl (C=O) groups is 1. The SMILES string of the molecule is Cc1cc2nccc(C(=O)NC3CCCCCC3)n2n1. The van der Waals surface area contributed by atoms with Crippen molar-refractivity contribution in [2.45, 2.75) is 51.5 Å². The molecule has 0 aliphatic heterocycles. The molecule has 0 unspecified atom stereocenters. The molecule has 0 bridgehead atoms. The third-order valence-electron chi connectivity index (χ3n) is 3.90. The first-order valence-electron chi connectivity index (χ1n) is 7.36. The number of aryl methyl sites for hydroxylation is 1. The summed E-state index contributed by atoms with van der Waals surface area (Å²) < 4.78 is 1.63. The van der Waals surface area contributed by atoms with Crippen molar-refractivity contribution in [2.75, 3.05) is 0 Å². The summed E-state index contributed by atoms with van der Waals surface area (Å²) in [7, 11) is 0. The second-order valence-electron chi connectivity index (χ2n) is 5.55. The van der Waals surface area contributed by atoms with E-state index < -0.39 is 0 Å². The van der Waals surface area contributed by atoms with Gasteiger partial charge in [0, 0.05) is 18.3 Å². The highest BCUT2D eigenvalue weighted by molar-refractivity contribution is 5.93. The Hall–Kier alpha value is -1.91. The molecule has 0 spiro atoms. The molecule has 1 saturated carbocycles. The average molecular weight is 272 g/mol. The molecule has 5 heteroatoms. The third-order valence-corrected chi connectivity index (χ3v) is 3.90. The molecule has 2 aromatic heterocycles. The Bertz CT molecular complexity index is 611. The second kappa shape index (κ2) is 5.61. The first-order chi connectivity index (χ1) is 9.74. The fourth-order valence-electron chi connectivity index (χ4n) is 2.86. The lowest BCUT2D eigenvalue weighted by Crippen LogP contribution is -2.35. The summed E-state index contributed by atoms with van der Waals surface area (Å²) in [5.74, 6) is -0.0487. The largest absolute Gasteiger partial charge is 0.348 e. The summed E-state index contributed by atoms with van der Waals surface area (Å²) >= 11 is 0. The van der Waals surface area contributed by atoms with E-state index in [2.05, 4.69) is 15.4 Å². The van der Waals surface area contributed by atoms with Gasteiger partial charge in [-0.15, -0.1) is 0 Å². The summed E-state index contributed by atoms with van der Waals surface area (Å²) in [4.78, 5) is 16.7. The van der Waals surface area contributed by atoms with Crippen molar-refractivity contribution in [3.05, 3.63) is 29.7 Å². The molecule has 2 aromatic rings. The van der Waals surface area contributed by atoms with Gasteiger partial charge in [0.25, 0.3) is 5.91 Å². The molecule has 5 nitrogen and oxygen atoms in total. The van der Waals surface area contributed by atoms with Crippen LogP contribution in [-0.2, 0) is 0 Å². The Labute approximate surface area is 118 Å². The van der Waals surface area contributed by atoms with Crippen LogP contribution in [-0.4, -0.2) is 26.5 Å². The number of rotatable bonds is 2. The van der Waals surface area contributed by atoms with E-state index in [0.717, 1.165) is 24.2 Å². The highest BCUT2D eigenvalue weighted by Crippen LogP contribution is 2.17. The van der Waals surface area contributed by atoms with Crippen molar-refractivity contribution in [1.82, 2.24) is 19.9 Å². The number of aromatic nitrogens is 3. The molecule has 1 amide bonds. The molecule has 1 fully saturated rings. The smallest absolute Gasteiger partial charge is 0.270 e. The highest BCUT2D eigenvalue weighted by atomic mass is 16.2. The van der Waals surface area contributed by atoms with Gasteiger partial charge in [0.2, 0.25) is 0 Å². The van der Waals surface area contributed by atoms with E-state index in [9.17, 15) is 4.79 Å². The van der Waals surface area contributed by atoms with E-state index in [1.165, 1.54) is 25.7 Å². The minimum atomic E-state index is -0.0487. The molecule has 3 rings (SSSR count). The van der Waals surface area contributed by atoms with Crippen LogP contribution in [0.4, 0.5) is 0 Å². The summed E-state index contributed by atoms with van der Waals surface area (Å²) in [6.45, 7) is 1.90. The molecule has 1 aliphatic carbocycles. The van der Waals surface area contributed by atoms with Crippen LogP contribution in [0.1, 0.15) is 54.7 Å². The molecule has 106 valence electrons. The predicted molar refractivity (Wildman–Crippen MR) is 76.7 cm³/mol. The topological polar surface area (TPSA) is 59.3 Å². The molecule has 0 saturated heterocycles. The Morgan fingerprint density at radius 1 is 1.30 bits per heavy atom. The molecular weight excluding hydrogens is 252 g/mol. The standard InChI is InChI=1S/C15H20N4O/c1-11-10-14-16-9-8-13(19(14)18-11)15(20)17-12-6-4-2-3-5-7-12/h8-10,12H,2-7H2,1H3,(H,17,20). The number of hydrogen-bond acceptors (Lipinski definition) is 3. The van der Waals surface area contributed by atoms with Gasteiger partial charge in [0.15, 0.2) is 5.65 Å². The Morgan fingerprint density at radius 3 is 2.80 bits per heavy atom. The number of carbonyl (C=O) groups excluding carboxylic acids is 1. The van der Waals surface area contributed by atoms with Gasteiger partial charge in [-0.05, 0) is 25.8 Å².